The molecule has 0 heterocycles. The van der Waals surface area contributed by atoms with Crippen LogP contribution in [0.25, 0.3) is 0 Å². The van der Waals surface area contributed by atoms with E-state index in [9.17, 15) is 18.0 Å². The summed E-state index contributed by atoms with van der Waals surface area (Å²) in [5, 5.41) is 5.01. The average Bonchev–Trinajstić information content (AvgIpc) is 2.31. The summed E-state index contributed by atoms with van der Waals surface area (Å²) in [4.78, 5) is 11.5. The number of anilines is 1. The fourth-order valence-electron chi connectivity index (χ4n) is 1.42. The van der Waals surface area contributed by atoms with Gasteiger partial charge in [0.25, 0.3) is 0 Å². The molecule has 0 aliphatic rings. The van der Waals surface area contributed by atoms with Crippen LogP contribution in [0.1, 0.15) is 20.3 Å². The van der Waals surface area contributed by atoms with Crippen LogP contribution in [-0.4, -0.2) is 19.2 Å². The van der Waals surface area contributed by atoms with Gasteiger partial charge >= 0.3 is 12.6 Å². The second-order valence-electron chi connectivity index (χ2n) is 4.59. The number of hydrogen-bond acceptors (Lipinski definition) is 2. The number of amides is 2. The molecule has 0 aromatic heterocycles. The van der Waals surface area contributed by atoms with Crippen molar-refractivity contribution in [2.24, 2.45) is 5.92 Å². The summed E-state index contributed by atoms with van der Waals surface area (Å²) in [6, 6.07) is 2.75. The molecule has 0 fully saturated rings. The van der Waals surface area contributed by atoms with E-state index in [0.717, 1.165) is 18.6 Å². The predicted molar refractivity (Wildman–Crippen MR) is 69.5 cm³/mol. The quantitative estimate of drug-likeness (QED) is 0.841. The number of benzene rings is 1. The number of ether oxygens (including phenoxy) is 1. The number of alkyl halides is 2. The van der Waals surface area contributed by atoms with Crippen molar-refractivity contribution in [2.45, 2.75) is 26.9 Å². The van der Waals surface area contributed by atoms with Crippen molar-refractivity contribution in [2.75, 3.05) is 11.9 Å². The van der Waals surface area contributed by atoms with Crippen molar-refractivity contribution < 1.29 is 22.7 Å². The molecule has 0 saturated heterocycles. The molecule has 7 heteroatoms. The van der Waals surface area contributed by atoms with E-state index >= 15 is 0 Å². The number of rotatable bonds is 6. The number of hydrogen-bond donors (Lipinski definition) is 2. The third kappa shape index (κ3) is 5.81. The average molecular weight is 290 g/mol. The molecule has 0 radical (unpaired) electrons. The molecular weight excluding hydrogens is 273 g/mol. The van der Waals surface area contributed by atoms with Crippen LogP contribution >= 0.6 is 0 Å². The van der Waals surface area contributed by atoms with Crippen molar-refractivity contribution in [1.29, 1.82) is 0 Å². The lowest BCUT2D eigenvalue weighted by molar-refractivity contribution is -0.0521. The summed E-state index contributed by atoms with van der Waals surface area (Å²) in [7, 11) is 0. The van der Waals surface area contributed by atoms with E-state index in [4.69, 9.17) is 0 Å². The molecule has 0 aliphatic heterocycles. The largest absolute Gasteiger partial charge is 0.432 e. The fraction of sp³-hybridized carbons (Fsp3) is 0.462. The van der Waals surface area contributed by atoms with Crippen molar-refractivity contribution in [3.63, 3.8) is 0 Å². The summed E-state index contributed by atoms with van der Waals surface area (Å²) < 4.78 is 41.2. The van der Waals surface area contributed by atoms with Crippen molar-refractivity contribution >= 4 is 11.7 Å². The molecular formula is C13H17F3N2O2. The van der Waals surface area contributed by atoms with Gasteiger partial charge in [-0.15, -0.1) is 0 Å². The summed E-state index contributed by atoms with van der Waals surface area (Å²) in [5.74, 6) is -1.07. The van der Waals surface area contributed by atoms with Crippen LogP contribution in [0.15, 0.2) is 18.2 Å². The Morgan fingerprint density at radius 2 is 2.05 bits per heavy atom. The van der Waals surface area contributed by atoms with Gasteiger partial charge in [-0.1, -0.05) is 13.8 Å². The van der Waals surface area contributed by atoms with Crippen molar-refractivity contribution in [1.82, 2.24) is 5.32 Å². The molecule has 0 atom stereocenters. The zero-order valence-corrected chi connectivity index (χ0v) is 11.3. The number of halogens is 3. The van der Waals surface area contributed by atoms with Gasteiger partial charge in [-0.25, -0.2) is 9.18 Å². The van der Waals surface area contributed by atoms with Gasteiger partial charge in [0, 0.05) is 18.3 Å². The molecule has 2 N–H and O–H groups in total. The number of urea groups is 1. The van der Waals surface area contributed by atoms with Gasteiger partial charge in [-0.2, -0.15) is 8.78 Å². The maximum absolute atomic E-state index is 13.4. The van der Waals surface area contributed by atoms with Gasteiger partial charge in [0.1, 0.15) is 0 Å². The molecule has 0 saturated carbocycles. The molecule has 1 aromatic rings. The Morgan fingerprint density at radius 1 is 1.35 bits per heavy atom. The van der Waals surface area contributed by atoms with E-state index in [1.165, 1.54) is 6.07 Å². The van der Waals surface area contributed by atoms with E-state index in [2.05, 4.69) is 15.4 Å². The SMILES string of the molecule is CC(C)CCNC(=O)Nc1ccc(OC(F)F)c(F)c1. The highest BCUT2D eigenvalue weighted by molar-refractivity contribution is 5.89. The smallest absolute Gasteiger partial charge is 0.387 e. The molecule has 2 amide bonds. The first kappa shape index (κ1) is 16.1. The molecule has 4 nitrogen and oxygen atoms in total. The Kier molecular flexibility index (Phi) is 6.14. The number of nitrogens with one attached hydrogen (secondary N) is 2. The third-order valence-electron chi connectivity index (χ3n) is 2.41. The Hall–Kier alpha value is -1.92. The van der Waals surface area contributed by atoms with Crippen molar-refractivity contribution in [3.05, 3.63) is 24.0 Å². The minimum Gasteiger partial charge on any atom is -0.432 e. The number of carbonyl (C=O) groups excluding carboxylic acids is 1. The number of carbonyl (C=O) groups is 1. The third-order valence-corrected chi connectivity index (χ3v) is 2.41. The van der Waals surface area contributed by atoms with E-state index in [-0.39, 0.29) is 5.69 Å². The van der Waals surface area contributed by atoms with Gasteiger partial charge < -0.3 is 15.4 Å². The fourth-order valence-corrected chi connectivity index (χ4v) is 1.42. The summed E-state index contributed by atoms with van der Waals surface area (Å²) in [5.41, 5.74) is 0.158. The Bertz CT molecular complexity index is 453. The Morgan fingerprint density at radius 3 is 2.60 bits per heavy atom. The zero-order chi connectivity index (χ0) is 15.1. The van der Waals surface area contributed by atoms with Gasteiger partial charge in [-0.3, -0.25) is 0 Å². The summed E-state index contributed by atoms with van der Waals surface area (Å²) >= 11 is 0. The van der Waals surface area contributed by atoms with Gasteiger partial charge in [-0.05, 0) is 24.5 Å². The Labute approximate surface area is 115 Å². The highest BCUT2D eigenvalue weighted by Gasteiger charge is 2.11. The highest BCUT2D eigenvalue weighted by atomic mass is 19.3. The maximum atomic E-state index is 13.4. The lowest BCUT2D eigenvalue weighted by Crippen LogP contribution is -2.30. The molecule has 0 aliphatic carbocycles. The van der Waals surface area contributed by atoms with Crippen LogP contribution in [0.5, 0.6) is 5.75 Å². The van der Waals surface area contributed by atoms with E-state index in [1.807, 2.05) is 13.8 Å². The van der Waals surface area contributed by atoms with Gasteiger partial charge in [0.2, 0.25) is 0 Å². The normalized spacial score (nSPS) is 10.8. The second kappa shape index (κ2) is 7.62. The van der Waals surface area contributed by atoms with Crippen LogP contribution in [0.2, 0.25) is 0 Å². The first-order valence-corrected chi connectivity index (χ1v) is 6.17. The van der Waals surface area contributed by atoms with Crippen LogP contribution < -0.4 is 15.4 Å². The second-order valence-corrected chi connectivity index (χ2v) is 4.59. The van der Waals surface area contributed by atoms with Crippen LogP contribution in [0.4, 0.5) is 23.7 Å². The molecule has 20 heavy (non-hydrogen) atoms. The van der Waals surface area contributed by atoms with Crippen LogP contribution in [0, 0.1) is 11.7 Å². The first-order valence-electron chi connectivity index (χ1n) is 6.17. The topological polar surface area (TPSA) is 50.4 Å². The van der Waals surface area contributed by atoms with E-state index < -0.39 is 24.2 Å². The minimum absolute atomic E-state index is 0.158. The van der Waals surface area contributed by atoms with Gasteiger partial charge in [0.05, 0.1) is 0 Å². The van der Waals surface area contributed by atoms with Crippen LogP contribution in [0.3, 0.4) is 0 Å². The van der Waals surface area contributed by atoms with E-state index in [1.54, 1.807) is 0 Å². The summed E-state index contributed by atoms with van der Waals surface area (Å²) in [6.07, 6.45) is 0.822. The summed E-state index contributed by atoms with van der Waals surface area (Å²) in [6.45, 7) is 1.45. The van der Waals surface area contributed by atoms with Gasteiger partial charge in [0.15, 0.2) is 11.6 Å². The monoisotopic (exact) mass is 290 g/mol. The molecule has 0 spiro atoms. The predicted octanol–water partition coefficient (Wildman–Crippen LogP) is 3.59. The highest BCUT2D eigenvalue weighted by Crippen LogP contribution is 2.22. The molecule has 112 valence electrons. The zero-order valence-electron chi connectivity index (χ0n) is 11.3. The molecule has 0 unspecified atom stereocenters. The lowest BCUT2D eigenvalue weighted by Gasteiger charge is -2.10. The maximum Gasteiger partial charge on any atom is 0.387 e. The molecule has 1 aromatic carbocycles. The minimum atomic E-state index is -3.09. The first-order chi connectivity index (χ1) is 9.38. The lowest BCUT2D eigenvalue weighted by atomic mass is 10.1. The molecule has 0 bridgehead atoms. The van der Waals surface area contributed by atoms with Crippen molar-refractivity contribution in [3.8, 4) is 5.75 Å². The van der Waals surface area contributed by atoms with Crippen LogP contribution in [-0.2, 0) is 0 Å². The molecule has 1 rings (SSSR count). The van der Waals surface area contributed by atoms with E-state index in [0.29, 0.717) is 12.5 Å². The Balaban J connectivity index is 2.52. The standard InChI is InChI=1S/C13H17F3N2O2/c1-8(2)5-6-17-13(19)18-9-3-4-11(10(14)7-9)20-12(15)16/h3-4,7-8,12H,5-6H2,1-2H3,(H2,17,18,19).